The van der Waals surface area contributed by atoms with Gasteiger partial charge in [0.15, 0.2) is 11.6 Å². The van der Waals surface area contributed by atoms with E-state index in [0.29, 0.717) is 33.9 Å². The minimum atomic E-state index is -0.446. The molecule has 142 valence electrons. The van der Waals surface area contributed by atoms with E-state index in [1.807, 2.05) is 27.7 Å². The third kappa shape index (κ3) is 2.83. The van der Waals surface area contributed by atoms with Gasteiger partial charge in [0.05, 0.1) is 5.69 Å². The number of ether oxygens (including phenoxy) is 2. The van der Waals surface area contributed by atoms with Gasteiger partial charge in [-0.25, -0.2) is 0 Å². The second-order valence-electron chi connectivity index (χ2n) is 7.92. The van der Waals surface area contributed by atoms with Crippen molar-refractivity contribution in [2.24, 2.45) is 4.99 Å². The van der Waals surface area contributed by atoms with Gasteiger partial charge in [-0.2, -0.15) is 0 Å². The van der Waals surface area contributed by atoms with E-state index in [9.17, 15) is 9.59 Å². The number of benzene rings is 2. The predicted octanol–water partition coefficient (Wildman–Crippen LogP) is 4.61. The average molecular weight is 375 g/mol. The van der Waals surface area contributed by atoms with Gasteiger partial charge in [-0.1, -0.05) is 24.3 Å². The molecule has 0 aromatic heterocycles. The number of hydrogen-bond acceptors (Lipinski definition) is 5. The first-order valence-electron chi connectivity index (χ1n) is 9.14. The molecule has 0 spiro atoms. The molecule has 0 N–H and O–H groups in total. The summed E-state index contributed by atoms with van der Waals surface area (Å²) in [6, 6.07) is 11.9. The van der Waals surface area contributed by atoms with Crippen molar-refractivity contribution in [2.45, 2.75) is 38.9 Å². The molecule has 28 heavy (non-hydrogen) atoms. The van der Waals surface area contributed by atoms with E-state index >= 15 is 0 Å². The second-order valence-corrected chi connectivity index (χ2v) is 7.92. The highest BCUT2D eigenvalue weighted by Crippen LogP contribution is 2.39. The molecule has 0 radical (unpaired) electrons. The van der Waals surface area contributed by atoms with Crippen molar-refractivity contribution in [3.05, 3.63) is 76.7 Å². The summed E-state index contributed by atoms with van der Waals surface area (Å²) in [4.78, 5) is 29.8. The molecule has 0 saturated carbocycles. The van der Waals surface area contributed by atoms with E-state index < -0.39 is 11.2 Å². The number of hydrogen-bond donors (Lipinski definition) is 0. The van der Waals surface area contributed by atoms with Gasteiger partial charge < -0.3 is 9.47 Å². The molecule has 1 fully saturated rings. The Bertz CT molecular complexity index is 1040. The standard InChI is InChI=1S/C23H21NO4/c1-22(2)23(3,4)28-19(27-22)11-12-24-14-9-10-17-18(13-14)21(26)16-8-6-5-7-15(16)20(17)25/h5-13H,1-4H3. The molecule has 0 amide bonds. The zero-order chi connectivity index (χ0) is 20.1. The molecule has 2 aromatic carbocycles. The largest absolute Gasteiger partial charge is 0.455 e. The van der Waals surface area contributed by atoms with Crippen molar-refractivity contribution >= 4 is 23.5 Å². The Morgan fingerprint density at radius 1 is 0.786 bits per heavy atom. The van der Waals surface area contributed by atoms with Gasteiger partial charge in [-0.3, -0.25) is 14.6 Å². The monoisotopic (exact) mass is 375 g/mol. The minimum absolute atomic E-state index is 0.139. The number of carbonyl (C=O) groups is 2. The van der Waals surface area contributed by atoms with Gasteiger partial charge >= 0.3 is 0 Å². The van der Waals surface area contributed by atoms with Crippen LogP contribution in [-0.4, -0.2) is 29.0 Å². The lowest BCUT2D eigenvalue weighted by atomic mass is 9.84. The zero-order valence-electron chi connectivity index (χ0n) is 16.3. The minimum Gasteiger partial charge on any atom is -0.455 e. The van der Waals surface area contributed by atoms with Crippen molar-refractivity contribution in [1.29, 1.82) is 0 Å². The molecule has 1 aliphatic heterocycles. The summed E-state index contributed by atoms with van der Waals surface area (Å²) in [5.41, 5.74) is 1.35. The second kappa shape index (κ2) is 6.16. The Kier molecular flexibility index (Phi) is 4.00. The van der Waals surface area contributed by atoms with Crippen LogP contribution in [0.1, 0.15) is 59.5 Å². The third-order valence-electron chi connectivity index (χ3n) is 5.50. The number of allylic oxidation sites excluding steroid dienone is 1. The number of aliphatic imine (C=N–C) groups is 1. The van der Waals surface area contributed by atoms with Crippen molar-refractivity contribution < 1.29 is 19.1 Å². The molecule has 1 aliphatic carbocycles. The lowest BCUT2D eigenvalue weighted by Crippen LogP contribution is -2.41. The lowest BCUT2D eigenvalue weighted by Gasteiger charge is -2.28. The molecule has 5 heteroatoms. The fourth-order valence-corrected chi connectivity index (χ4v) is 3.19. The Labute approximate surface area is 163 Å². The summed E-state index contributed by atoms with van der Waals surface area (Å²) >= 11 is 0. The van der Waals surface area contributed by atoms with Crippen LogP contribution < -0.4 is 0 Å². The summed E-state index contributed by atoms with van der Waals surface area (Å²) in [6.45, 7) is 7.87. The quantitative estimate of drug-likeness (QED) is 0.614. The van der Waals surface area contributed by atoms with Crippen molar-refractivity contribution in [3.8, 4) is 0 Å². The van der Waals surface area contributed by atoms with Crippen LogP contribution in [0.2, 0.25) is 0 Å². The van der Waals surface area contributed by atoms with Gasteiger partial charge in [0.25, 0.3) is 5.95 Å². The van der Waals surface area contributed by atoms with Crippen LogP contribution in [0.4, 0.5) is 5.69 Å². The van der Waals surface area contributed by atoms with Gasteiger partial charge in [-0.15, -0.1) is 0 Å². The predicted molar refractivity (Wildman–Crippen MR) is 106 cm³/mol. The van der Waals surface area contributed by atoms with Crippen LogP contribution in [0.5, 0.6) is 0 Å². The summed E-state index contributed by atoms with van der Waals surface area (Å²) in [7, 11) is 0. The maximum Gasteiger partial charge on any atom is 0.282 e. The van der Waals surface area contributed by atoms with E-state index in [0.717, 1.165) is 0 Å². The maximum atomic E-state index is 12.8. The van der Waals surface area contributed by atoms with Crippen LogP contribution >= 0.6 is 0 Å². The molecule has 1 saturated heterocycles. The highest BCUT2D eigenvalue weighted by Gasteiger charge is 2.48. The molecule has 4 rings (SSSR count). The lowest BCUT2D eigenvalue weighted by molar-refractivity contribution is 0.00578. The fraction of sp³-hybridized carbons (Fsp3) is 0.261. The number of ketones is 2. The molecule has 1 heterocycles. The SMILES string of the molecule is CC1(C)OC(=CC=Nc2ccc3c(c2)C(=O)c2ccccc2C3=O)OC1(C)C. The molecular formula is C23H21NO4. The molecule has 0 atom stereocenters. The summed E-state index contributed by atoms with van der Waals surface area (Å²) < 4.78 is 11.6. The Hall–Kier alpha value is -3.21. The van der Waals surface area contributed by atoms with Crippen LogP contribution in [0, 0.1) is 0 Å². The van der Waals surface area contributed by atoms with E-state index in [2.05, 4.69) is 4.99 Å². The van der Waals surface area contributed by atoms with E-state index in [1.54, 1.807) is 54.8 Å². The first-order valence-corrected chi connectivity index (χ1v) is 9.14. The summed E-state index contributed by atoms with van der Waals surface area (Å²) in [5.74, 6) is 0.100. The highest BCUT2D eigenvalue weighted by atomic mass is 16.7. The Balaban J connectivity index is 1.61. The van der Waals surface area contributed by atoms with Crippen molar-refractivity contribution in [2.75, 3.05) is 0 Å². The summed E-state index contributed by atoms with van der Waals surface area (Å²) in [6.07, 6.45) is 3.22. The van der Waals surface area contributed by atoms with Gasteiger partial charge in [0, 0.05) is 34.5 Å². The molecule has 2 aromatic rings. The first kappa shape index (κ1) is 18.2. The van der Waals surface area contributed by atoms with Gasteiger partial charge in [0.1, 0.15) is 11.2 Å². The maximum absolute atomic E-state index is 12.8. The number of nitrogens with zero attached hydrogens (tertiary/aromatic N) is 1. The number of carbonyl (C=O) groups excluding carboxylic acids is 2. The normalized spacial score (nSPS) is 19.1. The van der Waals surface area contributed by atoms with E-state index in [4.69, 9.17) is 9.47 Å². The third-order valence-corrected chi connectivity index (χ3v) is 5.50. The topological polar surface area (TPSA) is 65.0 Å². The van der Waals surface area contributed by atoms with Crippen LogP contribution in [0.15, 0.2) is 59.5 Å². The molecular weight excluding hydrogens is 354 g/mol. The van der Waals surface area contributed by atoms with Crippen LogP contribution in [0.3, 0.4) is 0 Å². The number of rotatable bonds is 2. The van der Waals surface area contributed by atoms with Crippen molar-refractivity contribution in [1.82, 2.24) is 0 Å². The number of fused-ring (bicyclic) bond motifs is 2. The smallest absolute Gasteiger partial charge is 0.282 e. The summed E-state index contributed by atoms with van der Waals surface area (Å²) in [5, 5.41) is 0. The first-order chi connectivity index (χ1) is 13.2. The molecule has 0 unspecified atom stereocenters. The van der Waals surface area contributed by atoms with Gasteiger partial charge in [-0.05, 0) is 45.9 Å². The molecule has 0 bridgehead atoms. The highest BCUT2D eigenvalue weighted by molar-refractivity contribution is 6.28. The Morgan fingerprint density at radius 2 is 1.32 bits per heavy atom. The molecule has 5 nitrogen and oxygen atoms in total. The van der Waals surface area contributed by atoms with E-state index in [1.165, 1.54) is 0 Å². The van der Waals surface area contributed by atoms with E-state index in [-0.39, 0.29) is 11.6 Å². The van der Waals surface area contributed by atoms with Gasteiger partial charge in [0.2, 0.25) is 0 Å². The fourth-order valence-electron chi connectivity index (χ4n) is 3.19. The average Bonchev–Trinajstić information content (AvgIpc) is 2.86. The molecule has 2 aliphatic rings. The Morgan fingerprint density at radius 3 is 1.93 bits per heavy atom. The zero-order valence-corrected chi connectivity index (χ0v) is 16.3. The van der Waals surface area contributed by atoms with Crippen LogP contribution in [-0.2, 0) is 9.47 Å². The van der Waals surface area contributed by atoms with Crippen LogP contribution in [0.25, 0.3) is 0 Å². The van der Waals surface area contributed by atoms with Crippen molar-refractivity contribution in [3.63, 3.8) is 0 Å².